The molecule has 0 aliphatic heterocycles. The van der Waals surface area contributed by atoms with Crippen LogP contribution < -0.4 is 9.47 Å². The van der Waals surface area contributed by atoms with Crippen LogP contribution in [0.1, 0.15) is 18.1 Å². The van der Waals surface area contributed by atoms with Gasteiger partial charge in [0.15, 0.2) is 0 Å². The highest BCUT2D eigenvalue weighted by molar-refractivity contribution is 5.32. The van der Waals surface area contributed by atoms with E-state index in [1.54, 1.807) is 7.11 Å². The van der Waals surface area contributed by atoms with Gasteiger partial charge < -0.3 is 14.6 Å². The average molecular weight is 258 g/mol. The van der Waals surface area contributed by atoms with Crippen molar-refractivity contribution < 1.29 is 14.6 Å². The zero-order valence-electron chi connectivity index (χ0n) is 11.0. The molecular weight excluding hydrogens is 240 g/mol. The molecule has 19 heavy (non-hydrogen) atoms. The first kappa shape index (κ1) is 13.4. The minimum atomic E-state index is -0.139. The molecule has 1 atom stereocenters. The Labute approximate surface area is 113 Å². The van der Waals surface area contributed by atoms with Gasteiger partial charge in [0.2, 0.25) is 0 Å². The Morgan fingerprint density at radius 1 is 0.947 bits per heavy atom. The van der Waals surface area contributed by atoms with E-state index in [2.05, 4.69) is 0 Å². The summed E-state index contributed by atoms with van der Waals surface area (Å²) in [6.07, 6.45) is 0.426. The molecule has 2 aromatic rings. The van der Waals surface area contributed by atoms with Gasteiger partial charge in [-0.05, 0) is 29.8 Å². The Morgan fingerprint density at radius 3 is 2.16 bits per heavy atom. The van der Waals surface area contributed by atoms with Crippen LogP contribution in [-0.2, 0) is 0 Å². The fraction of sp³-hybridized carbons (Fsp3) is 0.250. The Morgan fingerprint density at radius 2 is 1.58 bits per heavy atom. The normalized spacial score (nSPS) is 11.9. The summed E-state index contributed by atoms with van der Waals surface area (Å²) < 4.78 is 11.0. The number of hydrogen-bond donors (Lipinski definition) is 1. The second kappa shape index (κ2) is 6.81. The molecule has 0 saturated heterocycles. The van der Waals surface area contributed by atoms with Crippen LogP contribution in [0.5, 0.6) is 11.5 Å². The first-order valence-corrected chi connectivity index (χ1v) is 6.30. The summed E-state index contributed by atoms with van der Waals surface area (Å²) in [5.41, 5.74) is 1.06. The van der Waals surface area contributed by atoms with Gasteiger partial charge in [-0.15, -0.1) is 0 Å². The first-order valence-electron chi connectivity index (χ1n) is 6.30. The van der Waals surface area contributed by atoms with Crippen LogP contribution in [0.4, 0.5) is 0 Å². The quantitative estimate of drug-likeness (QED) is 0.864. The SMILES string of the molecule is COc1ccc(O[C@H](CCO)c2ccccc2)cc1. The van der Waals surface area contributed by atoms with Crippen molar-refractivity contribution in [2.45, 2.75) is 12.5 Å². The molecule has 3 heteroatoms. The standard InChI is InChI=1S/C16H18O3/c1-18-14-7-9-15(10-8-14)19-16(11-12-17)13-5-3-2-4-6-13/h2-10,16-17H,11-12H2,1H3/t16-/m1/s1. The van der Waals surface area contributed by atoms with E-state index in [0.29, 0.717) is 6.42 Å². The predicted molar refractivity (Wildman–Crippen MR) is 74.5 cm³/mol. The van der Waals surface area contributed by atoms with Crippen LogP contribution >= 0.6 is 0 Å². The van der Waals surface area contributed by atoms with Gasteiger partial charge >= 0.3 is 0 Å². The summed E-state index contributed by atoms with van der Waals surface area (Å²) >= 11 is 0. The van der Waals surface area contributed by atoms with Gasteiger partial charge in [0.1, 0.15) is 17.6 Å². The smallest absolute Gasteiger partial charge is 0.126 e. The zero-order chi connectivity index (χ0) is 13.5. The summed E-state index contributed by atoms with van der Waals surface area (Å²) in [7, 11) is 1.63. The maximum atomic E-state index is 9.16. The fourth-order valence-corrected chi connectivity index (χ4v) is 1.90. The number of aliphatic hydroxyl groups is 1. The Kier molecular flexibility index (Phi) is 4.81. The molecule has 0 saturated carbocycles. The zero-order valence-corrected chi connectivity index (χ0v) is 11.0. The lowest BCUT2D eigenvalue weighted by atomic mass is 10.1. The van der Waals surface area contributed by atoms with Crippen molar-refractivity contribution in [2.24, 2.45) is 0 Å². The number of hydrogen-bond acceptors (Lipinski definition) is 3. The van der Waals surface area contributed by atoms with Gasteiger partial charge in [-0.25, -0.2) is 0 Å². The van der Waals surface area contributed by atoms with Gasteiger partial charge in [-0.3, -0.25) is 0 Å². The number of ether oxygens (including phenoxy) is 2. The second-order valence-corrected chi connectivity index (χ2v) is 4.20. The minimum Gasteiger partial charge on any atom is -0.497 e. The van der Waals surface area contributed by atoms with Crippen molar-refractivity contribution in [3.05, 3.63) is 60.2 Å². The molecule has 0 spiro atoms. The van der Waals surface area contributed by atoms with Crippen molar-refractivity contribution >= 4 is 0 Å². The van der Waals surface area contributed by atoms with E-state index in [0.717, 1.165) is 17.1 Å². The molecule has 0 aliphatic carbocycles. The highest BCUT2D eigenvalue weighted by Gasteiger charge is 2.12. The predicted octanol–water partition coefficient (Wildman–Crippen LogP) is 3.20. The second-order valence-electron chi connectivity index (χ2n) is 4.20. The summed E-state index contributed by atoms with van der Waals surface area (Å²) in [5, 5.41) is 9.16. The Hall–Kier alpha value is -2.00. The van der Waals surface area contributed by atoms with Gasteiger partial charge in [0.25, 0.3) is 0 Å². The van der Waals surface area contributed by atoms with E-state index in [-0.39, 0.29) is 12.7 Å². The monoisotopic (exact) mass is 258 g/mol. The molecule has 2 aromatic carbocycles. The molecule has 0 aromatic heterocycles. The largest absolute Gasteiger partial charge is 0.497 e. The van der Waals surface area contributed by atoms with E-state index >= 15 is 0 Å². The van der Waals surface area contributed by atoms with Crippen molar-refractivity contribution in [2.75, 3.05) is 13.7 Å². The summed E-state index contributed by atoms with van der Waals surface area (Å²) in [6, 6.07) is 17.4. The molecule has 0 heterocycles. The number of aliphatic hydroxyl groups excluding tert-OH is 1. The third-order valence-corrected chi connectivity index (χ3v) is 2.90. The summed E-state index contributed by atoms with van der Waals surface area (Å²) in [4.78, 5) is 0. The lowest BCUT2D eigenvalue weighted by molar-refractivity contribution is 0.155. The van der Waals surface area contributed by atoms with Crippen molar-refractivity contribution in [3.63, 3.8) is 0 Å². The lowest BCUT2D eigenvalue weighted by Gasteiger charge is -2.19. The molecule has 1 N–H and O–H groups in total. The molecule has 0 aliphatic rings. The molecule has 0 unspecified atom stereocenters. The fourth-order valence-electron chi connectivity index (χ4n) is 1.90. The van der Waals surface area contributed by atoms with E-state index < -0.39 is 0 Å². The van der Waals surface area contributed by atoms with E-state index in [1.165, 1.54) is 0 Å². The van der Waals surface area contributed by atoms with E-state index in [1.807, 2.05) is 54.6 Å². The topological polar surface area (TPSA) is 38.7 Å². The van der Waals surface area contributed by atoms with Gasteiger partial charge in [0, 0.05) is 13.0 Å². The van der Waals surface area contributed by atoms with Crippen LogP contribution in [-0.4, -0.2) is 18.8 Å². The molecular formula is C16H18O3. The van der Waals surface area contributed by atoms with Crippen LogP contribution in [0.25, 0.3) is 0 Å². The molecule has 0 amide bonds. The maximum Gasteiger partial charge on any atom is 0.126 e. The highest BCUT2D eigenvalue weighted by Crippen LogP contribution is 2.26. The van der Waals surface area contributed by atoms with Crippen LogP contribution in [0.15, 0.2) is 54.6 Å². The van der Waals surface area contributed by atoms with Gasteiger partial charge in [0.05, 0.1) is 7.11 Å². The minimum absolute atomic E-state index is 0.0930. The van der Waals surface area contributed by atoms with E-state index in [9.17, 15) is 0 Å². The molecule has 3 nitrogen and oxygen atoms in total. The number of benzene rings is 2. The Balaban J connectivity index is 2.11. The van der Waals surface area contributed by atoms with Crippen molar-refractivity contribution in [3.8, 4) is 11.5 Å². The third-order valence-electron chi connectivity index (χ3n) is 2.90. The maximum absolute atomic E-state index is 9.16. The molecule has 0 bridgehead atoms. The molecule has 0 fully saturated rings. The molecule has 100 valence electrons. The van der Waals surface area contributed by atoms with Crippen LogP contribution in [0, 0.1) is 0 Å². The summed E-state index contributed by atoms with van der Waals surface area (Å²) in [5.74, 6) is 1.56. The van der Waals surface area contributed by atoms with Crippen LogP contribution in [0.3, 0.4) is 0 Å². The molecule has 2 rings (SSSR count). The number of methoxy groups -OCH3 is 1. The van der Waals surface area contributed by atoms with E-state index in [4.69, 9.17) is 14.6 Å². The molecule has 0 radical (unpaired) electrons. The average Bonchev–Trinajstić information content (AvgIpc) is 2.48. The highest BCUT2D eigenvalue weighted by atomic mass is 16.5. The van der Waals surface area contributed by atoms with Gasteiger partial charge in [-0.1, -0.05) is 30.3 Å². The third kappa shape index (κ3) is 3.73. The van der Waals surface area contributed by atoms with Crippen LogP contribution in [0.2, 0.25) is 0 Å². The van der Waals surface area contributed by atoms with Crippen molar-refractivity contribution in [1.29, 1.82) is 0 Å². The number of rotatable bonds is 6. The van der Waals surface area contributed by atoms with Gasteiger partial charge in [-0.2, -0.15) is 0 Å². The summed E-state index contributed by atoms with van der Waals surface area (Å²) in [6.45, 7) is 0.0930. The van der Waals surface area contributed by atoms with Crippen molar-refractivity contribution in [1.82, 2.24) is 0 Å². The lowest BCUT2D eigenvalue weighted by Crippen LogP contribution is -2.09. The first-order chi connectivity index (χ1) is 9.33. The Bertz CT molecular complexity index is 479.